The predicted octanol–water partition coefficient (Wildman–Crippen LogP) is 3.52. The smallest absolute Gasteiger partial charge is 0.237 e. The number of rotatable bonds is 6. The zero-order valence-electron chi connectivity index (χ0n) is 14.7. The van der Waals surface area contributed by atoms with Crippen LogP contribution in [-0.2, 0) is 11.3 Å². The molecule has 0 unspecified atom stereocenters. The molecule has 1 aromatic carbocycles. The van der Waals surface area contributed by atoms with Crippen molar-refractivity contribution in [1.29, 1.82) is 5.26 Å². The molecule has 0 N–H and O–H groups in total. The van der Waals surface area contributed by atoms with Gasteiger partial charge in [0.05, 0.1) is 20.3 Å². The third-order valence-electron chi connectivity index (χ3n) is 4.82. The molecule has 24 heavy (non-hydrogen) atoms. The number of nitriles is 1. The normalized spacial score (nSPS) is 20.1. The highest BCUT2D eigenvalue weighted by Crippen LogP contribution is 2.32. The van der Waals surface area contributed by atoms with Crippen molar-refractivity contribution < 1.29 is 14.3 Å². The predicted molar refractivity (Wildman–Crippen MR) is 91.7 cm³/mol. The highest BCUT2D eigenvalue weighted by Gasteiger charge is 2.30. The second-order valence-corrected chi connectivity index (χ2v) is 6.37. The summed E-state index contributed by atoms with van der Waals surface area (Å²) in [5, 5.41) is 8.93. The van der Waals surface area contributed by atoms with E-state index in [1.165, 1.54) is 6.42 Å². The monoisotopic (exact) mass is 330 g/mol. The molecule has 130 valence electrons. The van der Waals surface area contributed by atoms with Gasteiger partial charge in [-0.05, 0) is 36.5 Å². The van der Waals surface area contributed by atoms with Gasteiger partial charge in [-0.1, -0.05) is 25.8 Å². The van der Waals surface area contributed by atoms with E-state index in [1.54, 1.807) is 14.2 Å². The van der Waals surface area contributed by atoms with Crippen LogP contribution in [0.25, 0.3) is 0 Å². The first kappa shape index (κ1) is 18.1. The summed E-state index contributed by atoms with van der Waals surface area (Å²) in [6.07, 6.45) is 4.42. The Balaban J connectivity index is 2.24. The SMILES string of the molecule is COc1ccc(CN(C(=O)CC#N)[C@@H]2CCCC[C@H]2C)cc1OC. The first-order valence-corrected chi connectivity index (χ1v) is 8.48. The van der Waals surface area contributed by atoms with Gasteiger partial charge in [0.25, 0.3) is 0 Å². The lowest BCUT2D eigenvalue weighted by molar-refractivity contribution is -0.135. The van der Waals surface area contributed by atoms with Crippen molar-refractivity contribution in [3.05, 3.63) is 23.8 Å². The molecule has 0 bridgehead atoms. The molecule has 5 heteroatoms. The Bertz CT molecular complexity index is 609. The minimum absolute atomic E-state index is 0.0729. The standard InChI is InChI=1S/C19H26N2O3/c1-14-6-4-5-7-16(14)21(19(22)10-11-20)13-15-8-9-17(23-2)18(12-15)24-3/h8-9,12,14,16H,4-7,10,13H2,1-3H3/t14-,16-/m1/s1. The molecule has 2 rings (SSSR count). The lowest BCUT2D eigenvalue weighted by Gasteiger charge is -2.38. The number of benzene rings is 1. The summed E-state index contributed by atoms with van der Waals surface area (Å²) in [7, 11) is 3.20. The van der Waals surface area contributed by atoms with Crippen molar-refractivity contribution in [2.75, 3.05) is 14.2 Å². The largest absolute Gasteiger partial charge is 0.493 e. The number of ether oxygens (including phenoxy) is 2. The van der Waals surface area contributed by atoms with Crippen molar-refractivity contribution >= 4 is 5.91 Å². The summed E-state index contributed by atoms with van der Waals surface area (Å²) in [4.78, 5) is 14.4. The Kier molecular flexibility index (Phi) is 6.48. The van der Waals surface area contributed by atoms with Crippen LogP contribution >= 0.6 is 0 Å². The molecule has 0 aromatic heterocycles. The van der Waals surface area contributed by atoms with Gasteiger partial charge in [0.2, 0.25) is 5.91 Å². The van der Waals surface area contributed by atoms with Crippen LogP contribution in [0.3, 0.4) is 0 Å². The van der Waals surface area contributed by atoms with Crippen LogP contribution in [0.15, 0.2) is 18.2 Å². The molecule has 0 spiro atoms. The topological polar surface area (TPSA) is 62.6 Å². The van der Waals surface area contributed by atoms with Gasteiger partial charge in [-0.25, -0.2) is 0 Å². The molecule has 0 radical (unpaired) electrons. The molecule has 0 saturated heterocycles. The van der Waals surface area contributed by atoms with Crippen molar-refractivity contribution in [1.82, 2.24) is 4.90 Å². The Morgan fingerprint density at radius 1 is 1.25 bits per heavy atom. The molecule has 1 saturated carbocycles. The van der Waals surface area contributed by atoms with E-state index in [0.717, 1.165) is 24.8 Å². The van der Waals surface area contributed by atoms with Crippen molar-refractivity contribution in [3.8, 4) is 17.6 Å². The van der Waals surface area contributed by atoms with Crippen LogP contribution in [0.2, 0.25) is 0 Å². The van der Waals surface area contributed by atoms with E-state index in [4.69, 9.17) is 14.7 Å². The third-order valence-corrected chi connectivity index (χ3v) is 4.82. The van der Waals surface area contributed by atoms with Crippen LogP contribution in [0.4, 0.5) is 0 Å². The Hall–Kier alpha value is -2.22. The molecule has 1 aliphatic rings. The number of carbonyl (C=O) groups excluding carboxylic acids is 1. The fraction of sp³-hybridized carbons (Fsp3) is 0.579. The van der Waals surface area contributed by atoms with E-state index in [9.17, 15) is 4.79 Å². The van der Waals surface area contributed by atoms with Crippen LogP contribution < -0.4 is 9.47 Å². The lowest BCUT2D eigenvalue weighted by Crippen LogP contribution is -2.44. The minimum Gasteiger partial charge on any atom is -0.493 e. The van der Waals surface area contributed by atoms with Crippen molar-refractivity contribution in [3.63, 3.8) is 0 Å². The van der Waals surface area contributed by atoms with E-state index in [2.05, 4.69) is 6.92 Å². The van der Waals surface area contributed by atoms with Gasteiger partial charge >= 0.3 is 0 Å². The maximum Gasteiger partial charge on any atom is 0.237 e. The summed E-state index contributed by atoms with van der Waals surface area (Å²) < 4.78 is 10.6. The van der Waals surface area contributed by atoms with Crippen molar-refractivity contribution in [2.45, 2.75) is 51.6 Å². The van der Waals surface area contributed by atoms with Crippen LogP contribution in [0.5, 0.6) is 11.5 Å². The molecule has 5 nitrogen and oxygen atoms in total. The first-order chi connectivity index (χ1) is 11.6. The fourth-order valence-electron chi connectivity index (χ4n) is 3.49. The van der Waals surface area contributed by atoms with E-state index < -0.39 is 0 Å². The fourth-order valence-corrected chi connectivity index (χ4v) is 3.49. The Labute approximate surface area is 144 Å². The van der Waals surface area contributed by atoms with Crippen LogP contribution in [0.1, 0.15) is 44.6 Å². The van der Waals surface area contributed by atoms with Crippen molar-refractivity contribution in [2.24, 2.45) is 5.92 Å². The summed E-state index contributed by atoms with van der Waals surface area (Å²) in [5.74, 6) is 1.69. The van der Waals surface area contributed by atoms with Gasteiger partial charge in [0, 0.05) is 12.6 Å². The summed E-state index contributed by atoms with van der Waals surface area (Å²) in [6.45, 7) is 2.70. The number of carbonyl (C=O) groups is 1. The molecule has 0 aliphatic heterocycles. The average Bonchev–Trinajstić information content (AvgIpc) is 2.60. The van der Waals surface area contributed by atoms with Gasteiger partial charge < -0.3 is 14.4 Å². The molecule has 2 atom stereocenters. The van der Waals surface area contributed by atoms with Crippen LogP contribution in [0, 0.1) is 17.2 Å². The maximum absolute atomic E-state index is 12.5. The zero-order chi connectivity index (χ0) is 17.5. The quantitative estimate of drug-likeness (QED) is 0.800. The molecule has 1 fully saturated rings. The van der Waals surface area contributed by atoms with E-state index in [0.29, 0.717) is 24.0 Å². The first-order valence-electron chi connectivity index (χ1n) is 8.48. The number of hydrogen-bond donors (Lipinski definition) is 0. The summed E-state index contributed by atoms with van der Waals surface area (Å²) in [5.41, 5.74) is 0.983. The van der Waals surface area contributed by atoms with Gasteiger partial charge in [0.15, 0.2) is 11.5 Å². The summed E-state index contributed by atoms with van der Waals surface area (Å²) in [6, 6.07) is 7.89. The van der Waals surface area contributed by atoms with Crippen LogP contribution in [-0.4, -0.2) is 31.1 Å². The average molecular weight is 330 g/mol. The maximum atomic E-state index is 12.5. The molecular formula is C19H26N2O3. The van der Waals surface area contributed by atoms with E-state index >= 15 is 0 Å². The number of nitrogens with zero attached hydrogens (tertiary/aromatic N) is 2. The molecule has 0 heterocycles. The second-order valence-electron chi connectivity index (χ2n) is 6.37. The number of hydrogen-bond acceptors (Lipinski definition) is 4. The minimum atomic E-state index is -0.0916. The van der Waals surface area contributed by atoms with E-state index in [-0.39, 0.29) is 18.4 Å². The zero-order valence-corrected chi connectivity index (χ0v) is 14.7. The lowest BCUT2D eigenvalue weighted by atomic mass is 9.84. The van der Waals surface area contributed by atoms with Gasteiger partial charge in [0.1, 0.15) is 6.42 Å². The number of amides is 1. The Morgan fingerprint density at radius 3 is 2.58 bits per heavy atom. The van der Waals surface area contributed by atoms with Gasteiger partial charge in [-0.15, -0.1) is 0 Å². The molecule has 1 amide bonds. The van der Waals surface area contributed by atoms with Gasteiger partial charge in [-0.2, -0.15) is 5.26 Å². The highest BCUT2D eigenvalue weighted by atomic mass is 16.5. The Morgan fingerprint density at radius 2 is 1.96 bits per heavy atom. The molecular weight excluding hydrogens is 304 g/mol. The second kappa shape index (κ2) is 8.58. The third kappa shape index (κ3) is 4.19. The van der Waals surface area contributed by atoms with E-state index in [1.807, 2.05) is 29.2 Å². The molecule has 1 aromatic rings. The summed E-state index contributed by atoms with van der Waals surface area (Å²) >= 11 is 0. The van der Waals surface area contributed by atoms with Gasteiger partial charge in [-0.3, -0.25) is 4.79 Å². The highest BCUT2D eigenvalue weighted by molar-refractivity contribution is 5.78. The molecule has 1 aliphatic carbocycles. The number of methoxy groups -OCH3 is 2.